The van der Waals surface area contributed by atoms with Gasteiger partial charge in [0.15, 0.2) is 0 Å². The number of rotatable bonds is 5. The van der Waals surface area contributed by atoms with Gasteiger partial charge in [-0.2, -0.15) is 5.10 Å². The average molecular weight is 237 g/mol. The van der Waals surface area contributed by atoms with E-state index in [0.717, 1.165) is 31.7 Å². The molecule has 0 saturated carbocycles. The molecule has 2 heterocycles. The van der Waals surface area contributed by atoms with E-state index in [1.165, 1.54) is 18.5 Å². The first-order valence-electron chi connectivity index (χ1n) is 6.59. The first-order valence-corrected chi connectivity index (χ1v) is 6.59. The minimum atomic E-state index is 0.180. The Balaban J connectivity index is 1.90. The van der Waals surface area contributed by atoms with Gasteiger partial charge in [-0.25, -0.2) is 0 Å². The fraction of sp³-hybridized carbons (Fsp3) is 0.769. The Morgan fingerprint density at radius 2 is 2.47 bits per heavy atom. The molecule has 1 aliphatic heterocycles. The molecule has 0 aliphatic carbocycles. The topological polar surface area (TPSA) is 53.1 Å². The third kappa shape index (κ3) is 3.30. The van der Waals surface area contributed by atoms with E-state index < -0.39 is 0 Å². The van der Waals surface area contributed by atoms with Gasteiger partial charge in [0.25, 0.3) is 0 Å². The fourth-order valence-electron chi connectivity index (χ4n) is 2.56. The summed E-state index contributed by atoms with van der Waals surface area (Å²) in [5.74, 6) is 0. The lowest BCUT2D eigenvalue weighted by molar-refractivity contribution is 0.0981. The summed E-state index contributed by atoms with van der Waals surface area (Å²) in [6.45, 7) is 5.96. The van der Waals surface area contributed by atoms with Crippen molar-refractivity contribution in [1.82, 2.24) is 9.78 Å². The average Bonchev–Trinajstić information content (AvgIpc) is 2.88. The van der Waals surface area contributed by atoms with Crippen molar-refractivity contribution in [3.63, 3.8) is 0 Å². The van der Waals surface area contributed by atoms with Crippen molar-refractivity contribution in [3.05, 3.63) is 17.5 Å². The second-order valence-corrected chi connectivity index (χ2v) is 4.93. The van der Waals surface area contributed by atoms with Crippen molar-refractivity contribution >= 4 is 0 Å². The quantitative estimate of drug-likeness (QED) is 0.847. The van der Waals surface area contributed by atoms with Crippen molar-refractivity contribution in [1.29, 1.82) is 0 Å². The van der Waals surface area contributed by atoms with Crippen LogP contribution in [0.2, 0.25) is 0 Å². The number of nitrogens with two attached hydrogens (primary N) is 1. The summed E-state index contributed by atoms with van der Waals surface area (Å²) in [7, 11) is 0. The maximum Gasteiger partial charge on any atom is 0.0596 e. The summed E-state index contributed by atoms with van der Waals surface area (Å²) in [5.41, 5.74) is 8.52. The monoisotopic (exact) mass is 237 g/mol. The molecule has 0 aromatic carbocycles. The van der Waals surface area contributed by atoms with Crippen molar-refractivity contribution in [2.75, 3.05) is 6.61 Å². The molecule has 1 aromatic heterocycles. The molecule has 2 atom stereocenters. The third-order valence-electron chi connectivity index (χ3n) is 3.35. The number of ether oxygens (including phenoxy) is 1. The molecular formula is C13H23N3O. The summed E-state index contributed by atoms with van der Waals surface area (Å²) in [6, 6.07) is 2.32. The van der Waals surface area contributed by atoms with Gasteiger partial charge in [-0.05, 0) is 39.2 Å². The number of aromatic nitrogens is 2. The molecule has 2 rings (SSSR count). The minimum Gasteiger partial charge on any atom is -0.378 e. The van der Waals surface area contributed by atoms with Crippen molar-refractivity contribution < 1.29 is 4.74 Å². The maximum absolute atomic E-state index is 6.20. The zero-order chi connectivity index (χ0) is 12.3. The predicted octanol–water partition coefficient (Wildman–Crippen LogP) is 1.65. The van der Waals surface area contributed by atoms with Crippen LogP contribution in [0.25, 0.3) is 0 Å². The van der Waals surface area contributed by atoms with Crippen molar-refractivity contribution in [2.45, 2.75) is 58.2 Å². The molecule has 96 valence electrons. The van der Waals surface area contributed by atoms with Gasteiger partial charge in [0.05, 0.1) is 11.8 Å². The molecule has 2 unspecified atom stereocenters. The van der Waals surface area contributed by atoms with Gasteiger partial charge in [0.1, 0.15) is 0 Å². The van der Waals surface area contributed by atoms with Gasteiger partial charge < -0.3 is 10.5 Å². The molecule has 0 bridgehead atoms. The Morgan fingerprint density at radius 1 is 1.65 bits per heavy atom. The van der Waals surface area contributed by atoms with E-state index in [1.807, 2.05) is 11.6 Å². The van der Waals surface area contributed by atoms with Crippen LogP contribution in [0, 0.1) is 6.92 Å². The molecule has 1 aliphatic rings. The van der Waals surface area contributed by atoms with Crippen LogP contribution in [0.5, 0.6) is 0 Å². The zero-order valence-corrected chi connectivity index (χ0v) is 10.9. The fourth-order valence-corrected chi connectivity index (χ4v) is 2.56. The molecule has 1 saturated heterocycles. The lowest BCUT2D eigenvalue weighted by Crippen LogP contribution is -2.29. The highest BCUT2D eigenvalue weighted by Crippen LogP contribution is 2.18. The highest BCUT2D eigenvalue weighted by atomic mass is 16.5. The first kappa shape index (κ1) is 12.6. The number of nitrogens with zero attached hydrogens (tertiary/aromatic N) is 2. The lowest BCUT2D eigenvalue weighted by atomic mass is 10.0. The van der Waals surface area contributed by atoms with Crippen LogP contribution in [0.15, 0.2) is 6.07 Å². The van der Waals surface area contributed by atoms with Crippen LogP contribution in [-0.4, -0.2) is 28.5 Å². The summed E-state index contributed by atoms with van der Waals surface area (Å²) in [5, 5.41) is 4.44. The van der Waals surface area contributed by atoms with Crippen LogP contribution in [0.4, 0.5) is 0 Å². The van der Waals surface area contributed by atoms with Crippen LogP contribution in [0.3, 0.4) is 0 Å². The number of hydrogen-bond acceptors (Lipinski definition) is 3. The van der Waals surface area contributed by atoms with E-state index >= 15 is 0 Å². The molecule has 4 nitrogen and oxygen atoms in total. The summed E-state index contributed by atoms with van der Waals surface area (Å²) >= 11 is 0. The molecule has 0 amide bonds. The zero-order valence-electron chi connectivity index (χ0n) is 10.9. The van der Waals surface area contributed by atoms with Gasteiger partial charge in [-0.15, -0.1) is 0 Å². The predicted molar refractivity (Wildman–Crippen MR) is 67.9 cm³/mol. The van der Waals surface area contributed by atoms with Gasteiger partial charge in [-0.3, -0.25) is 4.68 Å². The van der Waals surface area contributed by atoms with E-state index in [4.69, 9.17) is 10.5 Å². The van der Waals surface area contributed by atoms with E-state index in [2.05, 4.69) is 18.1 Å². The largest absolute Gasteiger partial charge is 0.378 e. The van der Waals surface area contributed by atoms with Crippen LogP contribution in [0.1, 0.15) is 37.6 Å². The SMILES string of the molecule is CCn1nc(C)cc1CC(N)CC1CCCO1. The second kappa shape index (κ2) is 5.65. The minimum absolute atomic E-state index is 0.180. The summed E-state index contributed by atoms with van der Waals surface area (Å²) in [4.78, 5) is 0. The van der Waals surface area contributed by atoms with E-state index in [9.17, 15) is 0 Å². The van der Waals surface area contributed by atoms with E-state index in [1.54, 1.807) is 0 Å². The van der Waals surface area contributed by atoms with E-state index in [0.29, 0.717) is 6.10 Å². The third-order valence-corrected chi connectivity index (χ3v) is 3.35. The normalized spacial score (nSPS) is 21.9. The molecule has 0 spiro atoms. The molecular weight excluding hydrogens is 214 g/mol. The molecule has 0 radical (unpaired) electrons. The lowest BCUT2D eigenvalue weighted by Gasteiger charge is -2.16. The Labute approximate surface area is 103 Å². The Kier molecular flexibility index (Phi) is 4.18. The van der Waals surface area contributed by atoms with Crippen LogP contribution < -0.4 is 5.73 Å². The van der Waals surface area contributed by atoms with Gasteiger partial charge >= 0.3 is 0 Å². The van der Waals surface area contributed by atoms with Gasteiger partial charge in [-0.1, -0.05) is 0 Å². The Hall–Kier alpha value is -0.870. The summed E-state index contributed by atoms with van der Waals surface area (Å²) < 4.78 is 7.67. The van der Waals surface area contributed by atoms with E-state index in [-0.39, 0.29) is 6.04 Å². The first-order chi connectivity index (χ1) is 8.19. The second-order valence-electron chi connectivity index (χ2n) is 4.93. The Bertz CT molecular complexity index is 356. The maximum atomic E-state index is 6.20. The van der Waals surface area contributed by atoms with Gasteiger partial charge in [0, 0.05) is 31.3 Å². The van der Waals surface area contributed by atoms with Crippen LogP contribution >= 0.6 is 0 Å². The summed E-state index contributed by atoms with van der Waals surface area (Å²) in [6.07, 6.45) is 4.59. The molecule has 1 aromatic rings. The smallest absolute Gasteiger partial charge is 0.0596 e. The molecule has 17 heavy (non-hydrogen) atoms. The Morgan fingerprint density at radius 3 is 3.12 bits per heavy atom. The number of hydrogen-bond donors (Lipinski definition) is 1. The van der Waals surface area contributed by atoms with Crippen LogP contribution in [-0.2, 0) is 17.7 Å². The number of aryl methyl sites for hydroxylation is 2. The highest BCUT2D eigenvalue weighted by Gasteiger charge is 2.19. The van der Waals surface area contributed by atoms with Crippen molar-refractivity contribution in [3.8, 4) is 0 Å². The molecule has 2 N–H and O–H groups in total. The molecule has 1 fully saturated rings. The van der Waals surface area contributed by atoms with Gasteiger partial charge in [0.2, 0.25) is 0 Å². The highest BCUT2D eigenvalue weighted by molar-refractivity contribution is 5.10. The molecule has 4 heteroatoms. The standard InChI is InChI=1S/C13H23N3O/c1-3-16-12(7-10(2)15-16)8-11(14)9-13-5-4-6-17-13/h7,11,13H,3-6,8-9,14H2,1-2H3. The van der Waals surface area contributed by atoms with Crippen molar-refractivity contribution in [2.24, 2.45) is 5.73 Å².